The molecule has 0 amide bonds. The number of fused-ring (bicyclic) bond motifs is 1. The van der Waals surface area contributed by atoms with Gasteiger partial charge in [0.2, 0.25) is 0 Å². The molecule has 2 rings (SSSR count). The van der Waals surface area contributed by atoms with Crippen LogP contribution in [-0.2, 0) is 13.0 Å². The van der Waals surface area contributed by atoms with Gasteiger partial charge < -0.3 is 4.90 Å². The van der Waals surface area contributed by atoms with Crippen LogP contribution in [0.5, 0.6) is 0 Å². The summed E-state index contributed by atoms with van der Waals surface area (Å²) >= 11 is 6.07. The lowest BCUT2D eigenvalue weighted by Crippen LogP contribution is -2.20. The van der Waals surface area contributed by atoms with E-state index in [0.29, 0.717) is 12.1 Å². The molecular weight excluding hydrogens is 234 g/mol. The van der Waals surface area contributed by atoms with Crippen LogP contribution in [-0.4, -0.2) is 30.2 Å². The molecule has 1 aliphatic rings. The fraction of sp³-hybridized carbons (Fsp3) is 0.385. The second kappa shape index (κ2) is 4.87. The van der Waals surface area contributed by atoms with Crippen molar-refractivity contribution in [2.45, 2.75) is 18.5 Å². The highest BCUT2D eigenvalue weighted by atomic mass is 35.5. The fourth-order valence-corrected chi connectivity index (χ4v) is 2.35. The first-order chi connectivity index (χ1) is 8.11. The van der Waals surface area contributed by atoms with E-state index >= 15 is 0 Å². The second-order valence-corrected chi connectivity index (χ2v) is 4.91. The van der Waals surface area contributed by atoms with Crippen LogP contribution in [0.2, 0.25) is 0 Å². The molecule has 0 saturated heterocycles. The Hall–Kier alpha value is -1.37. The quantitative estimate of drug-likeness (QED) is 0.594. The fourth-order valence-electron chi connectivity index (χ4n) is 2.10. The van der Waals surface area contributed by atoms with Crippen molar-refractivity contribution in [3.05, 3.63) is 34.9 Å². The van der Waals surface area contributed by atoms with Crippen molar-refractivity contribution in [1.29, 1.82) is 5.26 Å². The summed E-state index contributed by atoms with van der Waals surface area (Å²) in [6.07, 6.45) is 0.700. The molecule has 4 heteroatoms. The molecule has 1 aromatic rings. The first kappa shape index (κ1) is 12.1. The average molecular weight is 248 g/mol. The number of nitriles is 1. The SMILES string of the molecule is CN(C)Cc1cccc2c1CC(Cl)N=C2C#N. The first-order valence-corrected chi connectivity index (χ1v) is 5.93. The van der Waals surface area contributed by atoms with Gasteiger partial charge in [-0.15, -0.1) is 0 Å². The van der Waals surface area contributed by atoms with E-state index in [2.05, 4.69) is 22.0 Å². The van der Waals surface area contributed by atoms with Gasteiger partial charge in [-0.25, -0.2) is 0 Å². The molecule has 3 nitrogen and oxygen atoms in total. The van der Waals surface area contributed by atoms with Crippen molar-refractivity contribution in [1.82, 2.24) is 4.90 Å². The molecule has 1 heterocycles. The Kier molecular flexibility index (Phi) is 3.46. The number of halogens is 1. The molecule has 0 bridgehead atoms. The normalized spacial score (nSPS) is 18.5. The molecule has 88 valence electrons. The summed E-state index contributed by atoms with van der Waals surface area (Å²) in [6, 6.07) is 8.12. The Morgan fingerprint density at radius 1 is 1.53 bits per heavy atom. The summed E-state index contributed by atoms with van der Waals surface area (Å²) in [4.78, 5) is 6.28. The van der Waals surface area contributed by atoms with Gasteiger partial charge in [-0.05, 0) is 25.2 Å². The molecule has 1 aromatic carbocycles. The number of aliphatic imine (C=N–C) groups is 1. The average Bonchev–Trinajstić information content (AvgIpc) is 2.28. The summed E-state index contributed by atoms with van der Waals surface area (Å²) in [7, 11) is 4.05. The highest BCUT2D eigenvalue weighted by Crippen LogP contribution is 2.25. The number of benzene rings is 1. The van der Waals surface area contributed by atoms with E-state index in [9.17, 15) is 0 Å². The zero-order valence-electron chi connectivity index (χ0n) is 9.94. The van der Waals surface area contributed by atoms with E-state index in [1.165, 1.54) is 5.56 Å². The van der Waals surface area contributed by atoms with E-state index in [0.717, 1.165) is 17.7 Å². The van der Waals surface area contributed by atoms with Crippen LogP contribution < -0.4 is 0 Å². The summed E-state index contributed by atoms with van der Waals surface area (Å²) in [5.74, 6) is 0. The predicted molar refractivity (Wildman–Crippen MR) is 69.3 cm³/mol. The number of alkyl halides is 1. The Labute approximate surface area is 106 Å². The number of nitrogens with zero attached hydrogens (tertiary/aromatic N) is 3. The summed E-state index contributed by atoms with van der Waals surface area (Å²) in [5.41, 5.74) is 3.45. The first-order valence-electron chi connectivity index (χ1n) is 5.49. The maximum Gasteiger partial charge on any atom is 0.144 e. The van der Waals surface area contributed by atoms with Crippen molar-refractivity contribution < 1.29 is 0 Å². The third-order valence-corrected chi connectivity index (χ3v) is 3.01. The van der Waals surface area contributed by atoms with Gasteiger partial charge in [0.05, 0.1) is 0 Å². The van der Waals surface area contributed by atoms with Gasteiger partial charge in [0.1, 0.15) is 17.3 Å². The van der Waals surface area contributed by atoms with Gasteiger partial charge in [-0.1, -0.05) is 29.8 Å². The maximum absolute atomic E-state index is 9.08. The second-order valence-electron chi connectivity index (χ2n) is 4.41. The van der Waals surface area contributed by atoms with Crippen LogP contribution >= 0.6 is 11.6 Å². The smallest absolute Gasteiger partial charge is 0.144 e. The van der Waals surface area contributed by atoms with Gasteiger partial charge in [-0.2, -0.15) is 5.26 Å². The van der Waals surface area contributed by atoms with Gasteiger partial charge in [0.25, 0.3) is 0 Å². The monoisotopic (exact) mass is 247 g/mol. The molecular formula is C13H14ClN3. The summed E-state index contributed by atoms with van der Waals surface area (Å²) in [5, 5.41) is 9.08. The van der Waals surface area contributed by atoms with Gasteiger partial charge in [0, 0.05) is 18.5 Å². The molecule has 0 aliphatic carbocycles. The molecule has 0 saturated carbocycles. The zero-order chi connectivity index (χ0) is 12.4. The topological polar surface area (TPSA) is 39.4 Å². The van der Waals surface area contributed by atoms with Crippen LogP contribution in [0.3, 0.4) is 0 Å². The van der Waals surface area contributed by atoms with Gasteiger partial charge in [0.15, 0.2) is 0 Å². The number of hydrogen-bond donors (Lipinski definition) is 0. The van der Waals surface area contributed by atoms with Crippen LogP contribution in [0.15, 0.2) is 23.2 Å². The molecule has 0 spiro atoms. The molecule has 0 fully saturated rings. The van der Waals surface area contributed by atoms with E-state index in [1.807, 2.05) is 26.2 Å². The minimum absolute atomic E-state index is 0.319. The number of rotatable bonds is 2. The highest BCUT2D eigenvalue weighted by molar-refractivity contribution is 6.24. The summed E-state index contributed by atoms with van der Waals surface area (Å²) < 4.78 is 0. The third-order valence-electron chi connectivity index (χ3n) is 2.76. The maximum atomic E-state index is 9.08. The largest absolute Gasteiger partial charge is 0.305 e. The van der Waals surface area contributed by atoms with E-state index in [1.54, 1.807) is 0 Å². The Morgan fingerprint density at radius 2 is 2.29 bits per heavy atom. The molecule has 1 atom stereocenters. The van der Waals surface area contributed by atoms with Crippen LogP contribution in [0, 0.1) is 11.3 Å². The van der Waals surface area contributed by atoms with Gasteiger partial charge >= 0.3 is 0 Å². The van der Waals surface area contributed by atoms with Crippen molar-refractivity contribution in [2.75, 3.05) is 14.1 Å². The standard InChI is InChI=1S/C13H14ClN3/c1-17(2)8-9-4-3-5-10-11(9)6-13(14)16-12(10)7-15/h3-5,13H,6,8H2,1-2H3. The van der Waals surface area contributed by atoms with Crippen LogP contribution in [0.1, 0.15) is 16.7 Å². The molecule has 0 radical (unpaired) electrons. The molecule has 1 unspecified atom stereocenters. The molecule has 17 heavy (non-hydrogen) atoms. The van der Waals surface area contributed by atoms with Gasteiger partial charge in [-0.3, -0.25) is 4.99 Å². The lowest BCUT2D eigenvalue weighted by Gasteiger charge is -2.21. The minimum atomic E-state index is -0.319. The molecule has 0 aromatic heterocycles. The molecule has 0 N–H and O–H groups in total. The van der Waals surface area contributed by atoms with Crippen molar-refractivity contribution in [2.24, 2.45) is 4.99 Å². The van der Waals surface area contributed by atoms with Crippen LogP contribution in [0.4, 0.5) is 0 Å². The minimum Gasteiger partial charge on any atom is -0.305 e. The predicted octanol–water partition coefficient (Wildman–Crippen LogP) is 2.18. The van der Waals surface area contributed by atoms with E-state index < -0.39 is 0 Å². The van der Waals surface area contributed by atoms with E-state index in [4.69, 9.17) is 16.9 Å². The lowest BCUT2D eigenvalue weighted by atomic mass is 9.93. The van der Waals surface area contributed by atoms with E-state index in [-0.39, 0.29) is 5.50 Å². The Balaban J connectivity index is 2.49. The number of hydrogen-bond acceptors (Lipinski definition) is 3. The van der Waals surface area contributed by atoms with Crippen molar-refractivity contribution >= 4 is 17.3 Å². The zero-order valence-corrected chi connectivity index (χ0v) is 10.7. The summed E-state index contributed by atoms with van der Waals surface area (Å²) in [6.45, 7) is 0.853. The highest BCUT2D eigenvalue weighted by Gasteiger charge is 2.21. The van der Waals surface area contributed by atoms with Crippen LogP contribution in [0.25, 0.3) is 0 Å². The third kappa shape index (κ3) is 2.49. The molecule has 1 aliphatic heterocycles. The van der Waals surface area contributed by atoms with Crippen molar-refractivity contribution in [3.8, 4) is 6.07 Å². The lowest BCUT2D eigenvalue weighted by molar-refractivity contribution is 0.400. The Bertz CT molecular complexity index is 500. The van der Waals surface area contributed by atoms with Crippen molar-refractivity contribution in [3.63, 3.8) is 0 Å². The Morgan fingerprint density at radius 3 is 2.94 bits per heavy atom.